The van der Waals surface area contributed by atoms with Gasteiger partial charge in [-0.25, -0.2) is 0 Å². The maximum atomic E-state index is 5.54. The minimum absolute atomic E-state index is 0.915. The summed E-state index contributed by atoms with van der Waals surface area (Å²) in [6, 6.07) is 19.4. The molecule has 0 bridgehead atoms. The zero-order valence-electron chi connectivity index (χ0n) is 10.3. The number of benzene rings is 3. The van der Waals surface area contributed by atoms with Gasteiger partial charge in [0.1, 0.15) is 0 Å². The molecule has 1 radical (unpaired) electrons. The maximum Gasteiger partial charge on any atom is -0.0145 e. The highest BCUT2D eigenvalue weighted by Crippen LogP contribution is 2.29. The highest BCUT2D eigenvalue weighted by Gasteiger charge is 2.05. The van der Waals surface area contributed by atoms with Crippen molar-refractivity contribution in [3.8, 4) is 0 Å². The van der Waals surface area contributed by atoms with Crippen molar-refractivity contribution in [3.63, 3.8) is 0 Å². The molecule has 0 spiro atoms. The van der Waals surface area contributed by atoms with E-state index >= 15 is 0 Å². The SMILES string of the molecule is [CH]=CCCc1c2ccccc2cc2ccccc12. The minimum Gasteiger partial charge on any atom is -0.0842 e. The van der Waals surface area contributed by atoms with E-state index in [0.717, 1.165) is 12.8 Å². The summed E-state index contributed by atoms with van der Waals surface area (Å²) in [5.74, 6) is 0. The van der Waals surface area contributed by atoms with Crippen molar-refractivity contribution in [3.05, 3.63) is 72.8 Å². The molecule has 3 aromatic carbocycles. The van der Waals surface area contributed by atoms with Gasteiger partial charge in [-0.1, -0.05) is 61.2 Å². The van der Waals surface area contributed by atoms with Crippen molar-refractivity contribution in [2.24, 2.45) is 0 Å². The number of fused-ring (bicyclic) bond motifs is 2. The molecular weight excluding hydrogens is 216 g/mol. The Morgan fingerprint density at radius 2 is 1.39 bits per heavy atom. The zero-order valence-corrected chi connectivity index (χ0v) is 10.3. The van der Waals surface area contributed by atoms with Gasteiger partial charge in [-0.2, -0.15) is 0 Å². The first-order chi connectivity index (χ1) is 8.90. The Hall–Kier alpha value is -2.08. The quantitative estimate of drug-likeness (QED) is 0.561. The molecule has 0 saturated heterocycles. The smallest absolute Gasteiger partial charge is 0.0145 e. The summed E-state index contributed by atoms with van der Waals surface area (Å²) in [5, 5.41) is 5.31. The van der Waals surface area contributed by atoms with Crippen LogP contribution in [0.4, 0.5) is 0 Å². The lowest BCUT2D eigenvalue weighted by Crippen LogP contribution is -1.89. The fraction of sp³-hybridized carbons (Fsp3) is 0.111. The van der Waals surface area contributed by atoms with Crippen LogP contribution in [0.15, 0.2) is 60.7 Å². The number of hydrogen-bond donors (Lipinski definition) is 0. The van der Waals surface area contributed by atoms with Crippen LogP contribution in [0, 0.1) is 6.58 Å². The third kappa shape index (κ3) is 1.80. The molecule has 0 fully saturated rings. The van der Waals surface area contributed by atoms with E-state index in [1.54, 1.807) is 6.08 Å². The Labute approximate surface area is 108 Å². The first kappa shape index (κ1) is 11.0. The van der Waals surface area contributed by atoms with Gasteiger partial charge in [-0.05, 0) is 46.0 Å². The average Bonchev–Trinajstić information content (AvgIpc) is 2.43. The van der Waals surface area contributed by atoms with Crippen LogP contribution in [0.25, 0.3) is 21.5 Å². The first-order valence-corrected chi connectivity index (χ1v) is 6.33. The van der Waals surface area contributed by atoms with Crippen molar-refractivity contribution in [2.45, 2.75) is 12.8 Å². The highest BCUT2D eigenvalue weighted by molar-refractivity contribution is 6.02. The fourth-order valence-corrected chi connectivity index (χ4v) is 2.61. The monoisotopic (exact) mass is 231 g/mol. The van der Waals surface area contributed by atoms with Crippen molar-refractivity contribution in [1.82, 2.24) is 0 Å². The molecule has 0 saturated carbocycles. The van der Waals surface area contributed by atoms with Crippen LogP contribution >= 0.6 is 0 Å². The summed E-state index contributed by atoms with van der Waals surface area (Å²) in [6.45, 7) is 5.54. The topological polar surface area (TPSA) is 0 Å². The highest BCUT2D eigenvalue weighted by atomic mass is 14.1. The number of hydrogen-bond acceptors (Lipinski definition) is 0. The Balaban J connectivity index is 2.37. The van der Waals surface area contributed by atoms with E-state index in [9.17, 15) is 0 Å². The van der Waals surface area contributed by atoms with E-state index < -0.39 is 0 Å². The van der Waals surface area contributed by atoms with Crippen LogP contribution in [0.5, 0.6) is 0 Å². The van der Waals surface area contributed by atoms with Crippen LogP contribution in [0.2, 0.25) is 0 Å². The van der Waals surface area contributed by atoms with E-state index in [4.69, 9.17) is 6.58 Å². The van der Waals surface area contributed by atoms with Gasteiger partial charge in [0.25, 0.3) is 0 Å². The normalized spacial score (nSPS) is 10.9. The molecule has 0 heteroatoms. The lowest BCUT2D eigenvalue weighted by atomic mass is 9.94. The van der Waals surface area contributed by atoms with Gasteiger partial charge in [0, 0.05) is 0 Å². The summed E-state index contributed by atoms with van der Waals surface area (Å²) in [7, 11) is 0. The minimum atomic E-state index is 0.915. The Morgan fingerprint density at radius 3 is 1.94 bits per heavy atom. The largest absolute Gasteiger partial charge is 0.0842 e. The third-order valence-electron chi connectivity index (χ3n) is 3.44. The zero-order chi connectivity index (χ0) is 12.4. The van der Waals surface area contributed by atoms with Crippen LogP contribution in [-0.4, -0.2) is 0 Å². The molecule has 0 nitrogen and oxygen atoms in total. The lowest BCUT2D eigenvalue weighted by molar-refractivity contribution is 1.02. The second kappa shape index (κ2) is 4.66. The van der Waals surface area contributed by atoms with E-state index in [1.807, 2.05) is 0 Å². The third-order valence-corrected chi connectivity index (χ3v) is 3.44. The van der Waals surface area contributed by atoms with Crippen LogP contribution in [-0.2, 0) is 6.42 Å². The molecule has 3 aromatic rings. The molecule has 18 heavy (non-hydrogen) atoms. The average molecular weight is 231 g/mol. The van der Waals surface area contributed by atoms with Gasteiger partial charge in [-0.15, -0.1) is 0 Å². The Morgan fingerprint density at radius 1 is 0.833 bits per heavy atom. The fourth-order valence-electron chi connectivity index (χ4n) is 2.61. The van der Waals surface area contributed by atoms with Crippen molar-refractivity contribution in [2.75, 3.05) is 0 Å². The number of allylic oxidation sites excluding steroid dienone is 1. The summed E-state index contributed by atoms with van der Waals surface area (Å²) < 4.78 is 0. The van der Waals surface area contributed by atoms with Gasteiger partial charge in [-0.3, -0.25) is 0 Å². The van der Waals surface area contributed by atoms with Gasteiger partial charge in [0.15, 0.2) is 0 Å². The van der Waals surface area contributed by atoms with Crippen LogP contribution < -0.4 is 0 Å². The summed E-state index contributed by atoms with van der Waals surface area (Å²) >= 11 is 0. The van der Waals surface area contributed by atoms with E-state index in [-0.39, 0.29) is 0 Å². The second-order valence-corrected chi connectivity index (χ2v) is 4.57. The van der Waals surface area contributed by atoms with Crippen LogP contribution in [0.1, 0.15) is 12.0 Å². The van der Waals surface area contributed by atoms with Gasteiger partial charge in [0.2, 0.25) is 0 Å². The standard InChI is InChI=1S/C18H15/c1-2-3-10-18-16-11-6-4-8-14(16)13-15-9-5-7-12-17(15)18/h1-2,4-9,11-13H,3,10H2. The number of aryl methyl sites for hydroxylation is 1. The van der Waals surface area contributed by atoms with E-state index in [2.05, 4.69) is 54.6 Å². The maximum absolute atomic E-state index is 5.54. The predicted octanol–water partition coefficient (Wildman–Crippen LogP) is 4.91. The van der Waals surface area contributed by atoms with Gasteiger partial charge >= 0.3 is 0 Å². The van der Waals surface area contributed by atoms with Crippen molar-refractivity contribution >= 4 is 21.5 Å². The molecule has 0 amide bonds. The summed E-state index contributed by atoms with van der Waals surface area (Å²) in [6.07, 6.45) is 3.66. The number of rotatable bonds is 3. The molecule has 0 atom stereocenters. The second-order valence-electron chi connectivity index (χ2n) is 4.57. The molecule has 0 aromatic heterocycles. The molecule has 0 aliphatic carbocycles. The lowest BCUT2D eigenvalue weighted by Gasteiger charge is -2.10. The molecule has 87 valence electrons. The van der Waals surface area contributed by atoms with Gasteiger partial charge < -0.3 is 0 Å². The molecule has 3 rings (SSSR count). The van der Waals surface area contributed by atoms with Crippen molar-refractivity contribution < 1.29 is 0 Å². The molecule has 0 heterocycles. The predicted molar refractivity (Wildman–Crippen MR) is 78.6 cm³/mol. The molecular formula is C18H15. The molecule has 0 aliphatic heterocycles. The Bertz CT molecular complexity index is 653. The van der Waals surface area contributed by atoms with Crippen LogP contribution in [0.3, 0.4) is 0 Å². The Kier molecular flexibility index (Phi) is 2.85. The summed E-state index contributed by atoms with van der Waals surface area (Å²) in [5.41, 5.74) is 1.41. The summed E-state index contributed by atoms with van der Waals surface area (Å²) in [4.78, 5) is 0. The molecule has 0 N–H and O–H groups in total. The molecule has 0 aliphatic rings. The first-order valence-electron chi connectivity index (χ1n) is 6.33. The van der Waals surface area contributed by atoms with Crippen molar-refractivity contribution in [1.29, 1.82) is 0 Å². The molecule has 0 unspecified atom stereocenters. The van der Waals surface area contributed by atoms with Gasteiger partial charge in [0.05, 0.1) is 0 Å². The van der Waals surface area contributed by atoms with E-state index in [0.29, 0.717) is 0 Å². The van der Waals surface area contributed by atoms with E-state index in [1.165, 1.54) is 27.1 Å².